The van der Waals surface area contributed by atoms with Gasteiger partial charge < -0.3 is 14.6 Å². The minimum atomic E-state index is -0.366. The summed E-state index contributed by atoms with van der Waals surface area (Å²) in [5.74, 6) is 2.24. The highest BCUT2D eigenvalue weighted by Crippen LogP contribution is 2.30. The maximum Gasteiger partial charge on any atom is 0.124 e. The average molecular weight is 286 g/mol. The first-order valence-corrected chi connectivity index (χ1v) is 7.58. The Balaban J connectivity index is 1.80. The number of ether oxygens (including phenoxy) is 2. The molecule has 0 heterocycles. The molecule has 0 aromatic heterocycles. The first-order chi connectivity index (χ1) is 10.2. The van der Waals surface area contributed by atoms with Crippen molar-refractivity contribution in [2.75, 3.05) is 7.11 Å². The Kier molecular flexibility index (Phi) is 4.02. The van der Waals surface area contributed by atoms with Gasteiger partial charge in [-0.25, -0.2) is 0 Å². The highest BCUT2D eigenvalue weighted by atomic mass is 16.5. The molecule has 1 fully saturated rings. The number of methoxy groups -OCH3 is 1. The number of hydrogen-bond donors (Lipinski definition) is 1. The van der Waals surface area contributed by atoms with Crippen molar-refractivity contribution in [1.29, 1.82) is 0 Å². The third-order valence-electron chi connectivity index (χ3n) is 4.32. The van der Waals surface area contributed by atoms with E-state index in [0.717, 1.165) is 41.5 Å². The maximum atomic E-state index is 10.2. The predicted octanol–water partition coefficient (Wildman–Crippen LogP) is 3.78. The summed E-state index contributed by atoms with van der Waals surface area (Å²) >= 11 is 0. The van der Waals surface area contributed by atoms with Crippen LogP contribution in [0.2, 0.25) is 0 Å². The van der Waals surface area contributed by atoms with E-state index in [4.69, 9.17) is 9.47 Å². The van der Waals surface area contributed by atoms with Crippen molar-refractivity contribution in [1.82, 2.24) is 0 Å². The van der Waals surface area contributed by atoms with Crippen LogP contribution in [0, 0.1) is 5.92 Å². The SMILES string of the molecule is COc1ccc2ccc(O[C@@H]3CC[C@H](C)C[C@H]3O)cc2c1. The molecule has 3 rings (SSSR count). The maximum absolute atomic E-state index is 10.2. The van der Waals surface area contributed by atoms with E-state index in [1.807, 2.05) is 36.4 Å². The molecule has 112 valence electrons. The van der Waals surface area contributed by atoms with Crippen LogP contribution in [-0.2, 0) is 0 Å². The zero-order chi connectivity index (χ0) is 14.8. The van der Waals surface area contributed by atoms with Gasteiger partial charge in [-0.15, -0.1) is 0 Å². The predicted molar refractivity (Wildman–Crippen MR) is 83.9 cm³/mol. The molecule has 0 amide bonds. The lowest BCUT2D eigenvalue weighted by atomic mass is 9.86. The van der Waals surface area contributed by atoms with E-state index in [1.165, 1.54) is 0 Å². The van der Waals surface area contributed by atoms with Crippen LogP contribution in [0.4, 0.5) is 0 Å². The van der Waals surface area contributed by atoms with Crippen LogP contribution < -0.4 is 9.47 Å². The van der Waals surface area contributed by atoms with Crippen LogP contribution in [-0.4, -0.2) is 24.4 Å². The highest BCUT2D eigenvalue weighted by Gasteiger charge is 2.28. The van der Waals surface area contributed by atoms with E-state index in [2.05, 4.69) is 6.92 Å². The van der Waals surface area contributed by atoms with E-state index in [9.17, 15) is 5.11 Å². The van der Waals surface area contributed by atoms with Gasteiger partial charge in [-0.1, -0.05) is 19.1 Å². The van der Waals surface area contributed by atoms with Crippen LogP contribution in [0.25, 0.3) is 10.8 Å². The first kappa shape index (κ1) is 14.2. The Morgan fingerprint density at radius 3 is 2.43 bits per heavy atom. The summed E-state index contributed by atoms with van der Waals surface area (Å²) < 4.78 is 11.3. The second kappa shape index (κ2) is 5.94. The highest BCUT2D eigenvalue weighted by molar-refractivity contribution is 5.85. The lowest BCUT2D eigenvalue weighted by Gasteiger charge is -2.31. The monoisotopic (exact) mass is 286 g/mol. The van der Waals surface area contributed by atoms with Gasteiger partial charge in [0.15, 0.2) is 0 Å². The molecule has 3 atom stereocenters. The van der Waals surface area contributed by atoms with Crippen molar-refractivity contribution < 1.29 is 14.6 Å². The fourth-order valence-corrected chi connectivity index (χ4v) is 3.04. The molecule has 3 heteroatoms. The molecule has 0 bridgehead atoms. The molecule has 0 aliphatic heterocycles. The van der Waals surface area contributed by atoms with Crippen molar-refractivity contribution in [2.24, 2.45) is 5.92 Å². The van der Waals surface area contributed by atoms with Crippen molar-refractivity contribution >= 4 is 10.8 Å². The van der Waals surface area contributed by atoms with Crippen LogP contribution >= 0.6 is 0 Å². The summed E-state index contributed by atoms with van der Waals surface area (Å²) in [4.78, 5) is 0. The largest absolute Gasteiger partial charge is 0.497 e. The normalized spacial score (nSPS) is 25.8. The Morgan fingerprint density at radius 1 is 1.00 bits per heavy atom. The summed E-state index contributed by atoms with van der Waals surface area (Å²) in [6.45, 7) is 2.18. The summed E-state index contributed by atoms with van der Waals surface area (Å²) in [5.41, 5.74) is 0. The Bertz CT molecular complexity index is 623. The van der Waals surface area contributed by atoms with E-state index < -0.39 is 0 Å². The van der Waals surface area contributed by atoms with Gasteiger partial charge in [0.1, 0.15) is 17.6 Å². The molecular formula is C18H22O3. The van der Waals surface area contributed by atoms with Gasteiger partial charge in [0.25, 0.3) is 0 Å². The van der Waals surface area contributed by atoms with Gasteiger partial charge >= 0.3 is 0 Å². The van der Waals surface area contributed by atoms with E-state index in [0.29, 0.717) is 5.92 Å². The lowest BCUT2D eigenvalue weighted by Crippen LogP contribution is -2.37. The van der Waals surface area contributed by atoms with Gasteiger partial charge in [-0.2, -0.15) is 0 Å². The quantitative estimate of drug-likeness (QED) is 0.933. The number of rotatable bonds is 3. The minimum absolute atomic E-state index is 0.0933. The molecule has 1 aliphatic rings. The van der Waals surface area contributed by atoms with Crippen molar-refractivity contribution in [3.05, 3.63) is 36.4 Å². The second-order valence-electron chi connectivity index (χ2n) is 6.02. The molecule has 1 aliphatic carbocycles. The first-order valence-electron chi connectivity index (χ1n) is 7.58. The summed E-state index contributed by atoms with van der Waals surface area (Å²) in [6, 6.07) is 12.0. The van der Waals surface area contributed by atoms with E-state index in [-0.39, 0.29) is 12.2 Å². The molecule has 21 heavy (non-hydrogen) atoms. The molecule has 2 aromatic carbocycles. The molecule has 1 saturated carbocycles. The summed E-state index contributed by atoms with van der Waals surface area (Å²) in [5, 5.41) is 12.4. The second-order valence-corrected chi connectivity index (χ2v) is 6.02. The van der Waals surface area contributed by atoms with Gasteiger partial charge in [0.2, 0.25) is 0 Å². The van der Waals surface area contributed by atoms with Gasteiger partial charge in [0, 0.05) is 0 Å². The standard InChI is InChI=1S/C18H22O3/c1-12-3-8-18(17(19)9-12)21-16-7-5-13-4-6-15(20-2)10-14(13)11-16/h4-7,10-12,17-19H,3,8-9H2,1-2H3/t12-,17+,18+/m0/s1. The van der Waals surface area contributed by atoms with Crippen LogP contribution in [0.15, 0.2) is 36.4 Å². The van der Waals surface area contributed by atoms with Gasteiger partial charge in [0.05, 0.1) is 13.2 Å². The Morgan fingerprint density at radius 2 is 1.71 bits per heavy atom. The third kappa shape index (κ3) is 3.13. The van der Waals surface area contributed by atoms with Crippen molar-refractivity contribution in [3.8, 4) is 11.5 Å². The molecule has 0 radical (unpaired) electrons. The van der Waals surface area contributed by atoms with Crippen molar-refractivity contribution in [2.45, 2.75) is 38.4 Å². The number of benzene rings is 2. The summed E-state index contributed by atoms with van der Waals surface area (Å²) in [7, 11) is 1.67. The molecular weight excluding hydrogens is 264 g/mol. The minimum Gasteiger partial charge on any atom is -0.497 e. The Hall–Kier alpha value is -1.74. The lowest BCUT2D eigenvalue weighted by molar-refractivity contribution is -0.00791. The number of fused-ring (bicyclic) bond motifs is 1. The Labute approximate surface area is 125 Å². The zero-order valence-corrected chi connectivity index (χ0v) is 12.6. The topological polar surface area (TPSA) is 38.7 Å². The molecule has 0 unspecified atom stereocenters. The number of aliphatic hydroxyl groups excluding tert-OH is 1. The molecule has 2 aromatic rings. The van der Waals surface area contributed by atoms with Crippen LogP contribution in [0.1, 0.15) is 26.2 Å². The van der Waals surface area contributed by atoms with Crippen LogP contribution in [0.3, 0.4) is 0 Å². The van der Waals surface area contributed by atoms with Gasteiger partial charge in [-0.05, 0) is 60.2 Å². The smallest absolute Gasteiger partial charge is 0.124 e. The fraction of sp³-hybridized carbons (Fsp3) is 0.444. The van der Waals surface area contributed by atoms with E-state index >= 15 is 0 Å². The summed E-state index contributed by atoms with van der Waals surface area (Å²) in [6.07, 6.45) is 2.40. The van der Waals surface area contributed by atoms with Gasteiger partial charge in [-0.3, -0.25) is 0 Å². The molecule has 3 nitrogen and oxygen atoms in total. The fourth-order valence-electron chi connectivity index (χ4n) is 3.04. The van der Waals surface area contributed by atoms with Crippen LogP contribution in [0.5, 0.6) is 11.5 Å². The number of aliphatic hydroxyl groups is 1. The molecule has 0 spiro atoms. The molecule has 1 N–H and O–H groups in total. The third-order valence-corrected chi connectivity index (χ3v) is 4.32. The zero-order valence-electron chi connectivity index (χ0n) is 12.6. The average Bonchev–Trinajstić information content (AvgIpc) is 2.49. The van der Waals surface area contributed by atoms with E-state index in [1.54, 1.807) is 7.11 Å². The van der Waals surface area contributed by atoms with Crippen molar-refractivity contribution in [3.63, 3.8) is 0 Å². The molecule has 0 saturated heterocycles. The number of hydrogen-bond acceptors (Lipinski definition) is 3.